The van der Waals surface area contributed by atoms with Crippen LogP contribution in [0.15, 0.2) is 71.5 Å². The number of esters is 1. The molecule has 8 heteroatoms. The van der Waals surface area contributed by atoms with E-state index in [1.54, 1.807) is 50.6 Å². The van der Waals surface area contributed by atoms with Gasteiger partial charge in [-0.05, 0) is 23.8 Å². The average Bonchev–Trinajstić information content (AvgIpc) is 2.87. The Morgan fingerprint density at radius 1 is 0.941 bits per heavy atom. The number of benzene rings is 3. The van der Waals surface area contributed by atoms with Gasteiger partial charge in [-0.15, -0.1) is 0 Å². The number of aromatic nitrogens is 2. The highest BCUT2D eigenvalue weighted by Gasteiger charge is 2.19. The van der Waals surface area contributed by atoms with Crippen molar-refractivity contribution in [3.8, 4) is 17.2 Å². The van der Waals surface area contributed by atoms with E-state index >= 15 is 0 Å². The first-order chi connectivity index (χ1) is 16.4. The van der Waals surface area contributed by atoms with Crippen LogP contribution >= 0.6 is 0 Å². The number of carbonyl (C=O) groups is 1. The first-order valence-corrected chi connectivity index (χ1v) is 10.6. The zero-order chi connectivity index (χ0) is 24.2. The molecule has 3 aromatic carbocycles. The van der Waals surface area contributed by atoms with E-state index in [9.17, 15) is 9.59 Å². The van der Waals surface area contributed by atoms with E-state index in [-0.39, 0.29) is 5.56 Å². The van der Waals surface area contributed by atoms with Gasteiger partial charge < -0.3 is 19.1 Å². The van der Waals surface area contributed by atoms with Gasteiger partial charge in [-0.2, -0.15) is 0 Å². The number of nitrogens with zero attached hydrogens (tertiary/aromatic N) is 3. The van der Waals surface area contributed by atoms with E-state index in [4.69, 9.17) is 19.2 Å². The van der Waals surface area contributed by atoms with Crippen molar-refractivity contribution in [2.24, 2.45) is 0 Å². The van der Waals surface area contributed by atoms with Crippen molar-refractivity contribution in [1.82, 2.24) is 9.55 Å². The molecule has 0 spiro atoms. The van der Waals surface area contributed by atoms with Crippen LogP contribution in [0.4, 0.5) is 5.95 Å². The second-order valence-corrected chi connectivity index (χ2v) is 7.69. The zero-order valence-corrected chi connectivity index (χ0v) is 19.4. The molecule has 0 unspecified atom stereocenters. The number of hydrogen-bond acceptors (Lipinski definition) is 7. The van der Waals surface area contributed by atoms with Crippen LogP contribution in [-0.2, 0) is 11.3 Å². The van der Waals surface area contributed by atoms with Gasteiger partial charge in [0, 0.05) is 31.8 Å². The summed E-state index contributed by atoms with van der Waals surface area (Å²) >= 11 is 0. The Hall–Kier alpha value is -4.33. The van der Waals surface area contributed by atoms with E-state index in [1.165, 1.54) is 11.7 Å². The highest BCUT2D eigenvalue weighted by atomic mass is 16.5. The first kappa shape index (κ1) is 22.8. The van der Waals surface area contributed by atoms with Gasteiger partial charge in [0.25, 0.3) is 5.56 Å². The molecular formula is C26H25N3O5. The second-order valence-electron chi connectivity index (χ2n) is 7.69. The van der Waals surface area contributed by atoms with E-state index in [0.717, 1.165) is 5.56 Å². The third kappa shape index (κ3) is 4.43. The Kier molecular flexibility index (Phi) is 6.49. The minimum atomic E-state index is -0.496. The highest BCUT2D eigenvalue weighted by Crippen LogP contribution is 2.28. The van der Waals surface area contributed by atoms with Gasteiger partial charge in [0.15, 0.2) is 0 Å². The van der Waals surface area contributed by atoms with Crippen molar-refractivity contribution in [3.05, 3.63) is 88.2 Å². The van der Waals surface area contributed by atoms with Crippen LogP contribution in [0.25, 0.3) is 16.6 Å². The molecule has 0 aliphatic heterocycles. The standard InChI is InChI=1S/C26H25N3O5/c1-28(16-17-8-6-5-7-9-17)26-27-23-12-18(25(31)34-4)10-11-22(23)24(30)29(26)19-13-20(32-2)15-21(14-19)33-3/h5-15H,16H2,1-4H3. The van der Waals surface area contributed by atoms with Crippen LogP contribution in [0.5, 0.6) is 11.5 Å². The van der Waals surface area contributed by atoms with E-state index in [2.05, 4.69) is 0 Å². The number of fused-ring (bicyclic) bond motifs is 1. The molecule has 1 aromatic heterocycles. The van der Waals surface area contributed by atoms with Crippen LogP contribution < -0.4 is 19.9 Å². The summed E-state index contributed by atoms with van der Waals surface area (Å²) in [6.07, 6.45) is 0. The first-order valence-electron chi connectivity index (χ1n) is 10.6. The van der Waals surface area contributed by atoms with E-state index in [0.29, 0.717) is 46.1 Å². The quantitative estimate of drug-likeness (QED) is 0.389. The summed E-state index contributed by atoms with van der Waals surface area (Å²) in [6.45, 7) is 0.510. The van der Waals surface area contributed by atoms with Gasteiger partial charge >= 0.3 is 5.97 Å². The minimum absolute atomic E-state index is 0.286. The van der Waals surface area contributed by atoms with Crippen molar-refractivity contribution in [2.45, 2.75) is 6.54 Å². The molecule has 0 amide bonds. The summed E-state index contributed by atoms with van der Waals surface area (Å²) in [5, 5.41) is 0.367. The van der Waals surface area contributed by atoms with Crippen LogP contribution in [0.3, 0.4) is 0 Å². The summed E-state index contributed by atoms with van der Waals surface area (Å²) in [7, 11) is 6.28. The molecule has 1 heterocycles. The van der Waals surface area contributed by atoms with Crippen molar-refractivity contribution in [1.29, 1.82) is 0 Å². The average molecular weight is 460 g/mol. The number of methoxy groups -OCH3 is 3. The monoisotopic (exact) mass is 459 g/mol. The molecule has 0 fully saturated rings. The molecule has 0 aliphatic carbocycles. The lowest BCUT2D eigenvalue weighted by Gasteiger charge is -2.23. The van der Waals surface area contributed by atoms with E-state index in [1.807, 2.05) is 42.3 Å². The lowest BCUT2D eigenvalue weighted by atomic mass is 10.1. The molecule has 0 atom stereocenters. The molecule has 0 bridgehead atoms. The fourth-order valence-corrected chi connectivity index (χ4v) is 3.76. The molecule has 4 aromatic rings. The zero-order valence-electron chi connectivity index (χ0n) is 19.4. The summed E-state index contributed by atoms with van der Waals surface area (Å²) in [5.74, 6) is 0.987. The van der Waals surface area contributed by atoms with Crippen molar-refractivity contribution >= 4 is 22.8 Å². The Balaban J connectivity index is 1.97. The van der Waals surface area contributed by atoms with Gasteiger partial charge in [0.1, 0.15) is 11.5 Å². The molecule has 0 N–H and O–H groups in total. The topological polar surface area (TPSA) is 82.9 Å². The summed E-state index contributed by atoms with van der Waals surface area (Å²) in [4.78, 5) is 32.5. The molecule has 0 radical (unpaired) electrons. The third-order valence-corrected chi connectivity index (χ3v) is 5.47. The number of carbonyl (C=O) groups excluding carboxylic acids is 1. The van der Waals surface area contributed by atoms with Gasteiger partial charge in [0.05, 0.1) is 43.5 Å². The summed E-state index contributed by atoms with van der Waals surface area (Å²) in [5.41, 5.74) is 2.03. The normalized spacial score (nSPS) is 10.7. The van der Waals surface area contributed by atoms with Gasteiger partial charge in [0.2, 0.25) is 5.95 Å². The summed E-state index contributed by atoms with van der Waals surface area (Å²) < 4.78 is 17.2. The number of anilines is 1. The second kappa shape index (κ2) is 9.66. The maximum atomic E-state index is 13.8. The molecule has 174 valence electrons. The van der Waals surface area contributed by atoms with Crippen molar-refractivity contribution in [3.63, 3.8) is 0 Å². The Morgan fingerprint density at radius 2 is 1.62 bits per heavy atom. The maximum Gasteiger partial charge on any atom is 0.337 e. The Bertz CT molecular complexity index is 1380. The molecular weight excluding hydrogens is 434 g/mol. The molecule has 4 rings (SSSR count). The third-order valence-electron chi connectivity index (χ3n) is 5.47. The van der Waals surface area contributed by atoms with Gasteiger partial charge in [-0.1, -0.05) is 30.3 Å². The summed E-state index contributed by atoms with van der Waals surface area (Å²) in [6, 6.07) is 19.8. The fourth-order valence-electron chi connectivity index (χ4n) is 3.76. The van der Waals surface area contributed by atoms with Crippen LogP contribution in [0, 0.1) is 0 Å². The number of ether oxygens (including phenoxy) is 3. The van der Waals surface area contributed by atoms with Gasteiger partial charge in [-0.25, -0.2) is 14.3 Å². The Morgan fingerprint density at radius 3 is 2.24 bits per heavy atom. The molecule has 0 aliphatic rings. The van der Waals surface area contributed by atoms with Crippen molar-refractivity contribution in [2.75, 3.05) is 33.3 Å². The molecule has 0 saturated carbocycles. The maximum absolute atomic E-state index is 13.8. The number of rotatable bonds is 7. The lowest BCUT2D eigenvalue weighted by Crippen LogP contribution is -2.29. The minimum Gasteiger partial charge on any atom is -0.497 e. The molecule has 0 saturated heterocycles. The predicted molar refractivity (Wildman–Crippen MR) is 130 cm³/mol. The molecule has 34 heavy (non-hydrogen) atoms. The molecule has 8 nitrogen and oxygen atoms in total. The Labute approximate surface area is 196 Å². The smallest absolute Gasteiger partial charge is 0.337 e. The van der Waals surface area contributed by atoms with Gasteiger partial charge in [-0.3, -0.25) is 4.79 Å². The highest BCUT2D eigenvalue weighted by molar-refractivity contribution is 5.94. The SMILES string of the molecule is COC(=O)c1ccc2c(=O)n(-c3cc(OC)cc(OC)c3)c(N(C)Cc3ccccc3)nc2c1. The number of hydrogen-bond donors (Lipinski definition) is 0. The van der Waals surface area contributed by atoms with Crippen molar-refractivity contribution < 1.29 is 19.0 Å². The largest absolute Gasteiger partial charge is 0.497 e. The van der Waals surface area contributed by atoms with E-state index < -0.39 is 5.97 Å². The van der Waals surface area contributed by atoms with Crippen LogP contribution in [-0.4, -0.2) is 43.9 Å². The lowest BCUT2D eigenvalue weighted by molar-refractivity contribution is 0.0601. The fraction of sp³-hybridized carbons (Fsp3) is 0.192. The predicted octanol–water partition coefficient (Wildman–Crippen LogP) is 3.83. The van der Waals surface area contributed by atoms with Crippen LogP contribution in [0.2, 0.25) is 0 Å². The van der Waals surface area contributed by atoms with Crippen LogP contribution in [0.1, 0.15) is 15.9 Å².